The summed E-state index contributed by atoms with van der Waals surface area (Å²) in [6.07, 6.45) is 0.843. The first-order chi connectivity index (χ1) is 9.08. The molecular weight excluding hydrogens is 242 g/mol. The van der Waals surface area contributed by atoms with Crippen LogP contribution in [0, 0.1) is 5.92 Å². The summed E-state index contributed by atoms with van der Waals surface area (Å²) in [7, 11) is 2.13. The Bertz CT molecular complexity index is 392. The summed E-state index contributed by atoms with van der Waals surface area (Å²) in [6, 6.07) is 0.380. The summed E-state index contributed by atoms with van der Waals surface area (Å²) < 4.78 is 5.28. The smallest absolute Gasteiger partial charge is 0.226 e. The van der Waals surface area contributed by atoms with E-state index in [1.807, 2.05) is 0 Å². The van der Waals surface area contributed by atoms with Crippen LogP contribution in [0.5, 0.6) is 0 Å². The minimum Gasteiger partial charge on any atom is -0.339 e. The Labute approximate surface area is 114 Å². The van der Waals surface area contributed by atoms with E-state index in [0.29, 0.717) is 18.5 Å². The van der Waals surface area contributed by atoms with Gasteiger partial charge in [-0.15, -0.1) is 0 Å². The largest absolute Gasteiger partial charge is 0.339 e. The van der Waals surface area contributed by atoms with Gasteiger partial charge in [0.25, 0.3) is 0 Å². The molecule has 0 bridgehead atoms. The Morgan fingerprint density at radius 2 is 2.21 bits per heavy atom. The number of hydrogen-bond acceptors (Lipinski definition) is 6. The average Bonchev–Trinajstić information content (AvgIpc) is 2.78. The molecule has 1 fully saturated rings. The Kier molecular flexibility index (Phi) is 4.90. The Morgan fingerprint density at radius 3 is 2.89 bits per heavy atom. The summed E-state index contributed by atoms with van der Waals surface area (Å²) in [5.41, 5.74) is 5.85. The maximum Gasteiger partial charge on any atom is 0.226 e. The number of piperazine rings is 1. The summed E-state index contributed by atoms with van der Waals surface area (Å²) in [4.78, 5) is 9.12. The minimum absolute atomic E-state index is 0.380. The average molecular weight is 267 g/mol. The van der Waals surface area contributed by atoms with Crippen LogP contribution >= 0.6 is 0 Å². The van der Waals surface area contributed by atoms with Crippen LogP contribution in [0.15, 0.2) is 4.52 Å². The Morgan fingerprint density at radius 1 is 1.42 bits per heavy atom. The number of rotatable bonds is 5. The highest BCUT2D eigenvalue weighted by Crippen LogP contribution is 2.12. The van der Waals surface area contributed by atoms with Crippen molar-refractivity contribution >= 4 is 0 Å². The lowest BCUT2D eigenvalue weighted by atomic mass is 10.1. The zero-order valence-corrected chi connectivity index (χ0v) is 12.2. The zero-order chi connectivity index (χ0) is 13.8. The molecule has 0 radical (unpaired) electrons. The van der Waals surface area contributed by atoms with Gasteiger partial charge in [0.2, 0.25) is 5.89 Å². The SMILES string of the molecule is CC(C)Cc1nc(CN2CCN(C)CC2CN)no1. The minimum atomic E-state index is 0.380. The maximum atomic E-state index is 5.85. The quantitative estimate of drug-likeness (QED) is 0.829. The van der Waals surface area contributed by atoms with E-state index in [2.05, 4.69) is 40.8 Å². The Balaban J connectivity index is 1.94. The van der Waals surface area contributed by atoms with E-state index in [9.17, 15) is 0 Å². The van der Waals surface area contributed by atoms with E-state index in [-0.39, 0.29) is 0 Å². The summed E-state index contributed by atoms with van der Waals surface area (Å²) in [6.45, 7) is 8.77. The van der Waals surface area contributed by atoms with Crippen LogP contribution in [0.1, 0.15) is 25.6 Å². The van der Waals surface area contributed by atoms with Gasteiger partial charge < -0.3 is 15.2 Å². The molecule has 2 N–H and O–H groups in total. The number of aromatic nitrogens is 2. The first kappa shape index (κ1) is 14.4. The molecule has 1 aromatic rings. The predicted molar refractivity (Wildman–Crippen MR) is 73.6 cm³/mol. The monoisotopic (exact) mass is 267 g/mol. The second-order valence-electron chi connectivity index (χ2n) is 5.82. The lowest BCUT2D eigenvalue weighted by Crippen LogP contribution is -2.54. The molecule has 2 rings (SSSR count). The van der Waals surface area contributed by atoms with E-state index in [1.165, 1.54) is 0 Å². The van der Waals surface area contributed by atoms with Crippen LogP contribution in [-0.4, -0.2) is 59.2 Å². The fourth-order valence-corrected chi connectivity index (χ4v) is 2.45. The van der Waals surface area contributed by atoms with Gasteiger partial charge in [-0.3, -0.25) is 4.90 Å². The zero-order valence-electron chi connectivity index (χ0n) is 12.2. The standard InChI is InChI=1S/C13H25N5O/c1-10(2)6-13-15-12(16-19-13)9-18-5-4-17(3)8-11(18)7-14/h10-11H,4-9,14H2,1-3H3. The van der Waals surface area contributed by atoms with Crippen molar-refractivity contribution in [3.8, 4) is 0 Å². The van der Waals surface area contributed by atoms with Crippen molar-refractivity contribution < 1.29 is 4.52 Å². The van der Waals surface area contributed by atoms with Crippen molar-refractivity contribution in [3.05, 3.63) is 11.7 Å². The number of nitrogens with two attached hydrogens (primary N) is 1. The number of likely N-dealkylation sites (N-methyl/N-ethyl adjacent to an activating group) is 1. The van der Waals surface area contributed by atoms with Gasteiger partial charge in [-0.2, -0.15) is 4.98 Å². The van der Waals surface area contributed by atoms with Crippen LogP contribution < -0.4 is 5.73 Å². The molecule has 2 heterocycles. The fourth-order valence-electron chi connectivity index (χ4n) is 2.45. The van der Waals surface area contributed by atoms with Gasteiger partial charge in [-0.25, -0.2) is 0 Å². The van der Waals surface area contributed by atoms with Crippen molar-refractivity contribution in [1.82, 2.24) is 19.9 Å². The molecule has 108 valence electrons. The molecule has 0 aliphatic carbocycles. The molecule has 0 amide bonds. The van der Waals surface area contributed by atoms with Crippen LogP contribution in [0.4, 0.5) is 0 Å². The van der Waals surface area contributed by atoms with Gasteiger partial charge in [0.05, 0.1) is 6.54 Å². The maximum absolute atomic E-state index is 5.85. The molecule has 0 aromatic carbocycles. The predicted octanol–water partition coefficient (Wildman–Crippen LogP) is 0.343. The lowest BCUT2D eigenvalue weighted by molar-refractivity contribution is 0.0851. The van der Waals surface area contributed by atoms with Crippen molar-refractivity contribution in [2.75, 3.05) is 33.2 Å². The van der Waals surface area contributed by atoms with Crippen molar-refractivity contribution in [2.24, 2.45) is 11.7 Å². The molecule has 0 spiro atoms. The first-order valence-electron chi connectivity index (χ1n) is 7.02. The van der Waals surface area contributed by atoms with Crippen molar-refractivity contribution in [1.29, 1.82) is 0 Å². The van der Waals surface area contributed by atoms with Gasteiger partial charge in [-0.05, 0) is 13.0 Å². The number of nitrogens with zero attached hydrogens (tertiary/aromatic N) is 4. The van der Waals surface area contributed by atoms with Crippen LogP contribution in [0.25, 0.3) is 0 Å². The molecule has 6 heteroatoms. The molecule has 6 nitrogen and oxygen atoms in total. The van der Waals surface area contributed by atoms with E-state index < -0.39 is 0 Å². The van der Waals surface area contributed by atoms with Gasteiger partial charge in [0, 0.05) is 38.6 Å². The summed E-state index contributed by atoms with van der Waals surface area (Å²) in [5.74, 6) is 2.05. The molecule has 1 atom stereocenters. The van der Waals surface area contributed by atoms with Crippen LogP contribution in [0.3, 0.4) is 0 Å². The van der Waals surface area contributed by atoms with Gasteiger partial charge >= 0.3 is 0 Å². The summed E-state index contributed by atoms with van der Waals surface area (Å²) in [5, 5.41) is 4.07. The van der Waals surface area contributed by atoms with Crippen LogP contribution in [-0.2, 0) is 13.0 Å². The van der Waals surface area contributed by atoms with Crippen molar-refractivity contribution in [2.45, 2.75) is 32.9 Å². The van der Waals surface area contributed by atoms with E-state index >= 15 is 0 Å². The van der Waals surface area contributed by atoms with E-state index in [4.69, 9.17) is 10.3 Å². The normalized spacial score (nSPS) is 22.3. The molecule has 19 heavy (non-hydrogen) atoms. The van der Waals surface area contributed by atoms with Crippen LogP contribution in [0.2, 0.25) is 0 Å². The molecule has 1 unspecified atom stereocenters. The third-order valence-corrected chi connectivity index (χ3v) is 3.52. The first-order valence-corrected chi connectivity index (χ1v) is 7.02. The molecule has 1 aliphatic rings. The highest BCUT2D eigenvalue weighted by Gasteiger charge is 2.25. The number of hydrogen-bond donors (Lipinski definition) is 1. The summed E-state index contributed by atoms with van der Waals surface area (Å²) >= 11 is 0. The Hall–Kier alpha value is -0.980. The third-order valence-electron chi connectivity index (χ3n) is 3.52. The topological polar surface area (TPSA) is 71.4 Å². The highest BCUT2D eigenvalue weighted by atomic mass is 16.5. The second kappa shape index (κ2) is 6.45. The van der Waals surface area contributed by atoms with E-state index in [1.54, 1.807) is 0 Å². The fraction of sp³-hybridized carbons (Fsp3) is 0.846. The lowest BCUT2D eigenvalue weighted by Gasteiger charge is -2.38. The third kappa shape index (κ3) is 3.99. The molecule has 1 aliphatic heterocycles. The second-order valence-corrected chi connectivity index (χ2v) is 5.82. The molecule has 1 aromatic heterocycles. The van der Waals surface area contributed by atoms with Gasteiger partial charge in [-0.1, -0.05) is 19.0 Å². The van der Waals surface area contributed by atoms with E-state index in [0.717, 1.165) is 44.3 Å². The molecule has 0 saturated carbocycles. The van der Waals surface area contributed by atoms with Crippen molar-refractivity contribution in [3.63, 3.8) is 0 Å². The van der Waals surface area contributed by atoms with Gasteiger partial charge in [0.15, 0.2) is 5.82 Å². The molecule has 1 saturated heterocycles. The highest BCUT2D eigenvalue weighted by molar-refractivity contribution is 4.90. The molecular formula is C13H25N5O. The van der Waals surface area contributed by atoms with Gasteiger partial charge in [0.1, 0.15) is 0 Å².